The van der Waals surface area contributed by atoms with E-state index in [1.807, 2.05) is 43.3 Å². The van der Waals surface area contributed by atoms with Crippen molar-refractivity contribution in [2.75, 3.05) is 25.0 Å². The van der Waals surface area contributed by atoms with Crippen LogP contribution < -0.4 is 10.6 Å². The summed E-state index contributed by atoms with van der Waals surface area (Å²) in [7, 11) is 0. The molecular weight excluding hydrogens is 354 g/mol. The summed E-state index contributed by atoms with van der Waals surface area (Å²) in [5, 5.41) is 14.8. The summed E-state index contributed by atoms with van der Waals surface area (Å²) >= 11 is 0. The Morgan fingerprint density at radius 1 is 1.11 bits per heavy atom. The summed E-state index contributed by atoms with van der Waals surface area (Å²) in [6.45, 7) is 5.40. The molecule has 2 aromatic carbocycles. The van der Waals surface area contributed by atoms with Crippen molar-refractivity contribution in [1.82, 2.24) is 10.2 Å². The quantitative estimate of drug-likeness (QED) is 0.712. The predicted octanol–water partition coefficient (Wildman–Crippen LogP) is 3.73. The Morgan fingerprint density at radius 2 is 1.82 bits per heavy atom. The van der Waals surface area contributed by atoms with E-state index in [0.717, 1.165) is 49.3 Å². The molecule has 0 bridgehead atoms. The van der Waals surface area contributed by atoms with Crippen LogP contribution in [0.15, 0.2) is 48.5 Å². The fourth-order valence-electron chi connectivity index (χ4n) is 3.52. The highest BCUT2D eigenvalue weighted by Gasteiger charge is 2.20. The van der Waals surface area contributed by atoms with Gasteiger partial charge in [0.1, 0.15) is 0 Å². The minimum Gasteiger partial charge on any atom is -0.478 e. The Kier molecular flexibility index (Phi) is 6.66. The second-order valence-corrected chi connectivity index (χ2v) is 7.45. The molecule has 1 heterocycles. The van der Waals surface area contributed by atoms with Crippen molar-refractivity contribution in [2.45, 2.75) is 26.3 Å². The number of likely N-dealkylation sites (tertiary alicyclic amines) is 1. The smallest absolute Gasteiger partial charge is 0.335 e. The molecule has 3 N–H and O–H groups in total. The van der Waals surface area contributed by atoms with Crippen LogP contribution in [0.5, 0.6) is 0 Å². The third-order valence-electron chi connectivity index (χ3n) is 5.07. The van der Waals surface area contributed by atoms with Gasteiger partial charge < -0.3 is 15.7 Å². The van der Waals surface area contributed by atoms with Crippen molar-refractivity contribution >= 4 is 17.7 Å². The molecule has 0 aliphatic carbocycles. The largest absolute Gasteiger partial charge is 0.478 e. The van der Waals surface area contributed by atoms with Gasteiger partial charge in [-0.2, -0.15) is 0 Å². The van der Waals surface area contributed by atoms with Crippen molar-refractivity contribution in [3.63, 3.8) is 0 Å². The average Bonchev–Trinajstić information content (AvgIpc) is 2.69. The molecule has 0 saturated carbocycles. The minimum atomic E-state index is -0.903. The number of carbonyl (C=O) groups is 2. The highest BCUT2D eigenvalue weighted by molar-refractivity contribution is 5.89. The highest BCUT2D eigenvalue weighted by Crippen LogP contribution is 2.18. The van der Waals surface area contributed by atoms with Crippen LogP contribution in [0.2, 0.25) is 0 Å². The van der Waals surface area contributed by atoms with Crippen LogP contribution in [0.25, 0.3) is 0 Å². The molecular formula is C22H27N3O3. The summed E-state index contributed by atoms with van der Waals surface area (Å²) in [6.07, 6.45) is 2.19. The Labute approximate surface area is 165 Å². The van der Waals surface area contributed by atoms with Crippen LogP contribution in [-0.2, 0) is 6.54 Å². The number of hydrogen-bond donors (Lipinski definition) is 3. The maximum Gasteiger partial charge on any atom is 0.335 e. The number of carboxylic acids is 1. The first kappa shape index (κ1) is 19.9. The van der Waals surface area contributed by atoms with E-state index in [0.29, 0.717) is 18.0 Å². The van der Waals surface area contributed by atoms with E-state index in [9.17, 15) is 9.59 Å². The lowest BCUT2D eigenvalue weighted by Crippen LogP contribution is -2.41. The monoisotopic (exact) mass is 381 g/mol. The van der Waals surface area contributed by atoms with Crippen molar-refractivity contribution in [3.05, 3.63) is 65.2 Å². The van der Waals surface area contributed by atoms with Crippen LogP contribution in [-0.4, -0.2) is 41.6 Å². The third-order valence-corrected chi connectivity index (χ3v) is 5.07. The molecule has 1 saturated heterocycles. The first-order valence-electron chi connectivity index (χ1n) is 9.66. The predicted molar refractivity (Wildman–Crippen MR) is 110 cm³/mol. The molecule has 1 fully saturated rings. The summed E-state index contributed by atoms with van der Waals surface area (Å²) in [5.74, 6) is -0.490. The molecule has 2 amide bonds. The number of benzene rings is 2. The SMILES string of the molecule is Cc1ccc(NC(=O)NCC2CCCN(Cc3ccc(C(=O)O)cc3)C2)cc1. The van der Waals surface area contributed by atoms with E-state index in [-0.39, 0.29) is 6.03 Å². The molecule has 0 aromatic heterocycles. The summed E-state index contributed by atoms with van der Waals surface area (Å²) < 4.78 is 0. The van der Waals surface area contributed by atoms with Crippen LogP contribution in [0.1, 0.15) is 34.3 Å². The maximum absolute atomic E-state index is 12.1. The van der Waals surface area contributed by atoms with Gasteiger partial charge in [-0.15, -0.1) is 0 Å². The van der Waals surface area contributed by atoms with Crippen LogP contribution >= 0.6 is 0 Å². The fraction of sp³-hybridized carbons (Fsp3) is 0.364. The van der Waals surface area contributed by atoms with Gasteiger partial charge in [-0.1, -0.05) is 29.8 Å². The number of hydrogen-bond acceptors (Lipinski definition) is 3. The first-order chi connectivity index (χ1) is 13.5. The minimum absolute atomic E-state index is 0.176. The summed E-state index contributed by atoms with van der Waals surface area (Å²) in [4.78, 5) is 25.4. The fourth-order valence-corrected chi connectivity index (χ4v) is 3.52. The Morgan fingerprint density at radius 3 is 2.50 bits per heavy atom. The number of urea groups is 1. The van der Waals surface area contributed by atoms with E-state index < -0.39 is 5.97 Å². The van der Waals surface area contributed by atoms with Crippen molar-refractivity contribution in [1.29, 1.82) is 0 Å². The molecule has 1 atom stereocenters. The lowest BCUT2D eigenvalue weighted by atomic mass is 9.97. The molecule has 3 rings (SSSR count). The number of aryl methyl sites for hydroxylation is 1. The number of nitrogens with zero attached hydrogens (tertiary/aromatic N) is 1. The topological polar surface area (TPSA) is 81.7 Å². The molecule has 6 heteroatoms. The van der Waals surface area contributed by atoms with Gasteiger partial charge >= 0.3 is 12.0 Å². The lowest BCUT2D eigenvalue weighted by Gasteiger charge is -2.32. The van der Waals surface area contributed by atoms with Gasteiger partial charge in [-0.25, -0.2) is 9.59 Å². The van der Waals surface area contributed by atoms with Crippen molar-refractivity contribution < 1.29 is 14.7 Å². The first-order valence-corrected chi connectivity index (χ1v) is 9.66. The molecule has 148 valence electrons. The number of amides is 2. The zero-order valence-electron chi connectivity index (χ0n) is 16.1. The van der Waals surface area contributed by atoms with Crippen LogP contribution in [0.4, 0.5) is 10.5 Å². The number of nitrogens with one attached hydrogen (secondary N) is 2. The normalized spacial score (nSPS) is 17.1. The average molecular weight is 381 g/mol. The molecule has 1 aliphatic heterocycles. The number of anilines is 1. The van der Waals surface area contributed by atoms with E-state index in [1.165, 1.54) is 0 Å². The van der Waals surface area contributed by atoms with Gasteiger partial charge in [-0.05, 0) is 62.1 Å². The number of aromatic carboxylic acids is 1. The van der Waals surface area contributed by atoms with Crippen molar-refractivity contribution in [3.8, 4) is 0 Å². The van der Waals surface area contributed by atoms with Gasteiger partial charge in [0.05, 0.1) is 5.56 Å². The van der Waals surface area contributed by atoms with E-state index in [4.69, 9.17) is 5.11 Å². The van der Waals surface area contributed by atoms with Gasteiger partial charge in [-0.3, -0.25) is 4.90 Å². The summed E-state index contributed by atoms with van der Waals surface area (Å²) in [5.41, 5.74) is 3.36. The number of piperidine rings is 1. The maximum atomic E-state index is 12.1. The molecule has 6 nitrogen and oxygen atoms in total. The lowest BCUT2D eigenvalue weighted by molar-refractivity contribution is 0.0697. The van der Waals surface area contributed by atoms with E-state index in [2.05, 4.69) is 15.5 Å². The second-order valence-electron chi connectivity index (χ2n) is 7.45. The molecule has 1 aliphatic rings. The summed E-state index contributed by atoms with van der Waals surface area (Å²) in [6, 6.07) is 14.6. The molecule has 0 radical (unpaired) electrons. The van der Waals surface area contributed by atoms with Gasteiger partial charge in [0, 0.05) is 25.3 Å². The van der Waals surface area contributed by atoms with Crippen LogP contribution in [0.3, 0.4) is 0 Å². The zero-order valence-corrected chi connectivity index (χ0v) is 16.1. The zero-order chi connectivity index (χ0) is 19.9. The molecule has 0 spiro atoms. The Hall–Kier alpha value is -2.86. The number of carboxylic acid groups (broad SMARTS) is 1. The van der Waals surface area contributed by atoms with Crippen molar-refractivity contribution in [2.24, 2.45) is 5.92 Å². The van der Waals surface area contributed by atoms with Gasteiger partial charge in [0.2, 0.25) is 0 Å². The third kappa shape index (κ3) is 5.82. The van der Waals surface area contributed by atoms with Crippen LogP contribution in [0, 0.1) is 12.8 Å². The van der Waals surface area contributed by atoms with E-state index in [1.54, 1.807) is 12.1 Å². The number of carbonyl (C=O) groups excluding carboxylic acids is 1. The van der Waals surface area contributed by atoms with Gasteiger partial charge in [0.15, 0.2) is 0 Å². The Balaban J connectivity index is 1.44. The standard InChI is InChI=1S/C22H27N3O3/c1-16-4-10-20(11-5-16)24-22(28)23-13-18-3-2-12-25(15-18)14-17-6-8-19(9-7-17)21(26)27/h4-11,18H,2-3,12-15H2,1H3,(H,26,27)(H2,23,24,28). The van der Waals surface area contributed by atoms with Gasteiger partial charge in [0.25, 0.3) is 0 Å². The molecule has 28 heavy (non-hydrogen) atoms. The van der Waals surface area contributed by atoms with E-state index >= 15 is 0 Å². The molecule has 2 aromatic rings. The highest BCUT2D eigenvalue weighted by atomic mass is 16.4. The Bertz CT molecular complexity index is 803. The molecule has 1 unspecified atom stereocenters. The second kappa shape index (κ2) is 9.37. The number of rotatable bonds is 6.